The Hall–Kier alpha value is -2.61. The van der Waals surface area contributed by atoms with Crippen molar-refractivity contribution in [3.63, 3.8) is 0 Å². The molecule has 3 aromatic rings. The molecular weight excluding hydrogens is 410 g/mol. The summed E-state index contributed by atoms with van der Waals surface area (Å²) >= 11 is 6.15. The van der Waals surface area contributed by atoms with Gasteiger partial charge in [-0.1, -0.05) is 23.7 Å². The highest BCUT2D eigenvalue weighted by Crippen LogP contribution is 2.30. The standard InChI is InChI=1S/C21H20ClN3O3S/c1-2-9-23-29(27,28)16-5-3-4-14(11-16)21(26)25-10-8-20-18(13-25)17-12-15(22)6-7-19(17)24-20/h2-7,11-12,23-24H,1,8-10,13H2. The molecule has 0 unspecified atom stereocenters. The van der Waals surface area contributed by atoms with Crippen LogP contribution in [0.15, 0.2) is 60.0 Å². The molecule has 1 aromatic heterocycles. The van der Waals surface area contributed by atoms with Gasteiger partial charge in [0.25, 0.3) is 5.91 Å². The Bertz CT molecular complexity index is 1220. The number of hydrogen-bond acceptors (Lipinski definition) is 3. The summed E-state index contributed by atoms with van der Waals surface area (Å²) in [5.41, 5.74) is 3.50. The predicted molar refractivity (Wildman–Crippen MR) is 114 cm³/mol. The number of halogens is 1. The fourth-order valence-electron chi connectivity index (χ4n) is 3.59. The maximum atomic E-state index is 13.1. The van der Waals surface area contributed by atoms with E-state index >= 15 is 0 Å². The van der Waals surface area contributed by atoms with E-state index in [1.807, 2.05) is 18.2 Å². The number of aromatic amines is 1. The normalized spacial score (nSPS) is 14.0. The highest BCUT2D eigenvalue weighted by Gasteiger charge is 2.26. The van der Waals surface area contributed by atoms with Gasteiger partial charge in [0.05, 0.1) is 4.90 Å². The lowest BCUT2D eigenvalue weighted by atomic mass is 10.0. The number of aromatic nitrogens is 1. The summed E-state index contributed by atoms with van der Waals surface area (Å²) in [7, 11) is -3.69. The molecule has 150 valence electrons. The van der Waals surface area contributed by atoms with Crippen LogP contribution in [0.25, 0.3) is 10.9 Å². The zero-order valence-electron chi connectivity index (χ0n) is 15.6. The van der Waals surface area contributed by atoms with Crippen LogP contribution in [0, 0.1) is 0 Å². The topological polar surface area (TPSA) is 82.3 Å². The Morgan fingerprint density at radius 1 is 1.28 bits per heavy atom. The third kappa shape index (κ3) is 3.81. The minimum absolute atomic E-state index is 0.0572. The lowest BCUT2D eigenvalue weighted by Crippen LogP contribution is -2.36. The van der Waals surface area contributed by atoms with E-state index in [0.29, 0.717) is 30.1 Å². The van der Waals surface area contributed by atoms with E-state index in [2.05, 4.69) is 16.3 Å². The van der Waals surface area contributed by atoms with Crippen molar-refractivity contribution >= 4 is 38.4 Å². The Labute approximate surface area is 174 Å². The Kier molecular flexibility index (Phi) is 5.21. The molecule has 2 aromatic carbocycles. The van der Waals surface area contributed by atoms with Crippen molar-refractivity contribution < 1.29 is 13.2 Å². The number of fused-ring (bicyclic) bond motifs is 3. The van der Waals surface area contributed by atoms with Crippen molar-refractivity contribution in [2.24, 2.45) is 0 Å². The predicted octanol–water partition coefficient (Wildman–Crippen LogP) is 3.48. The summed E-state index contributed by atoms with van der Waals surface area (Å²) in [5, 5.41) is 1.66. The Morgan fingerprint density at radius 3 is 2.90 bits per heavy atom. The van der Waals surface area contributed by atoms with Gasteiger partial charge in [0.2, 0.25) is 10.0 Å². The molecule has 0 radical (unpaired) electrons. The number of carbonyl (C=O) groups is 1. The van der Waals surface area contributed by atoms with Crippen LogP contribution < -0.4 is 4.72 Å². The van der Waals surface area contributed by atoms with E-state index < -0.39 is 10.0 Å². The van der Waals surface area contributed by atoms with Gasteiger partial charge in [-0.25, -0.2) is 13.1 Å². The molecule has 8 heteroatoms. The van der Waals surface area contributed by atoms with E-state index in [1.54, 1.807) is 17.0 Å². The third-order valence-electron chi connectivity index (χ3n) is 5.03. The van der Waals surface area contributed by atoms with Crippen LogP contribution in [0.1, 0.15) is 21.6 Å². The SMILES string of the molecule is C=CCNS(=O)(=O)c1cccc(C(=O)N2CCc3[nH]c4ccc(Cl)cc4c3C2)c1. The average molecular weight is 430 g/mol. The molecular formula is C21H20ClN3O3S. The number of amides is 1. The highest BCUT2D eigenvalue weighted by atomic mass is 35.5. The second kappa shape index (κ2) is 7.67. The van der Waals surface area contributed by atoms with Crippen LogP contribution in [0.2, 0.25) is 5.02 Å². The van der Waals surface area contributed by atoms with E-state index in [1.165, 1.54) is 18.2 Å². The number of benzene rings is 2. The number of sulfonamides is 1. The monoisotopic (exact) mass is 429 g/mol. The van der Waals surface area contributed by atoms with Gasteiger partial charge in [0, 0.05) is 58.8 Å². The first-order valence-corrected chi connectivity index (χ1v) is 11.0. The maximum Gasteiger partial charge on any atom is 0.254 e. The average Bonchev–Trinajstić information content (AvgIpc) is 3.09. The molecule has 0 saturated carbocycles. The molecule has 1 amide bonds. The van der Waals surface area contributed by atoms with Crippen LogP contribution >= 0.6 is 11.6 Å². The molecule has 0 spiro atoms. The van der Waals surface area contributed by atoms with Crippen molar-refractivity contribution in [2.45, 2.75) is 17.9 Å². The van der Waals surface area contributed by atoms with Crippen LogP contribution in [-0.2, 0) is 23.0 Å². The summed E-state index contributed by atoms with van der Waals surface area (Å²) < 4.78 is 27.1. The second-order valence-corrected chi connectivity index (χ2v) is 9.12. The fraction of sp³-hybridized carbons (Fsp3) is 0.190. The van der Waals surface area contributed by atoms with Gasteiger partial charge in [-0.15, -0.1) is 6.58 Å². The first kappa shape index (κ1) is 19.7. The zero-order valence-corrected chi connectivity index (χ0v) is 17.2. The second-order valence-electron chi connectivity index (χ2n) is 6.92. The lowest BCUT2D eigenvalue weighted by Gasteiger charge is -2.27. The maximum absolute atomic E-state index is 13.1. The highest BCUT2D eigenvalue weighted by molar-refractivity contribution is 7.89. The molecule has 0 fully saturated rings. The van der Waals surface area contributed by atoms with Crippen molar-refractivity contribution in [2.75, 3.05) is 13.1 Å². The molecule has 29 heavy (non-hydrogen) atoms. The quantitative estimate of drug-likeness (QED) is 0.609. The van der Waals surface area contributed by atoms with E-state index in [4.69, 9.17) is 11.6 Å². The van der Waals surface area contributed by atoms with Crippen molar-refractivity contribution in [1.29, 1.82) is 0 Å². The van der Waals surface area contributed by atoms with Gasteiger partial charge >= 0.3 is 0 Å². The van der Waals surface area contributed by atoms with Gasteiger partial charge in [-0.2, -0.15) is 0 Å². The third-order valence-corrected chi connectivity index (χ3v) is 6.69. The summed E-state index contributed by atoms with van der Waals surface area (Å²) in [6.45, 7) is 4.63. The molecule has 6 nitrogen and oxygen atoms in total. The number of carbonyl (C=O) groups excluding carboxylic acids is 1. The first-order valence-electron chi connectivity index (χ1n) is 9.18. The number of nitrogens with one attached hydrogen (secondary N) is 2. The summed E-state index contributed by atoms with van der Waals surface area (Å²) in [6.07, 6.45) is 2.16. The minimum Gasteiger partial charge on any atom is -0.358 e. The molecule has 0 bridgehead atoms. The molecule has 1 aliphatic rings. The number of nitrogens with zero attached hydrogens (tertiary/aromatic N) is 1. The van der Waals surface area contributed by atoms with Crippen LogP contribution in [0.4, 0.5) is 0 Å². The lowest BCUT2D eigenvalue weighted by molar-refractivity contribution is 0.0735. The van der Waals surface area contributed by atoms with E-state index in [9.17, 15) is 13.2 Å². The van der Waals surface area contributed by atoms with Crippen molar-refractivity contribution in [1.82, 2.24) is 14.6 Å². The number of rotatable bonds is 5. The van der Waals surface area contributed by atoms with Crippen molar-refractivity contribution in [3.8, 4) is 0 Å². The fourth-order valence-corrected chi connectivity index (χ4v) is 4.81. The van der Waals surface area contributed by atoms with Crippen LogP contribution in [0.5, 0.6) is 0 Å². The first-order chi connectivity index (χ1) is 13.9. The molecule has 0 aliphatic carbocycles. The van der Waals surface area contributed by atoms with Gasteiger partial charge < -0.3 is 9.88 Å². The molecule has 2 heterocycles. The molecule has 0 saturated heterocycles. The Balaban J connectivity index is 1.62. The zero-order chi connectivity index (χ0) is 20.6. The number of H-pyrrole nitrogens is 1. The van der Waals surface area contributed by atoms with Crippen LogP contribution in [0.3, 0.4) is 0 Å². The summed E-state index contributed by atoms with van der Waals surface area (Å²) in [5.74, 6) is -0.201. The van der Waals surface area contributed by atoms with Gasteiger partial charge in [-0.05, 0) is 36.4 Å². The van der Waals surface area contributed by atoms with Crippen molar-refractivity contribution in [3.05, 3.63) is 77.0 Å². The minimum atomic E-state index is -3.69. The largest absolute Gasteiger partial charge is 0.358 e. The summed E-state index contributed by atoms with van der Waals surface area (Å²) in [4.78, 5) is 18.3. The smallest absolute Gasteiger partial charge is 0.254 e. The van der Waals surface area contributed by atoms with Gasteiger partial charge in [-0.3, -0.25) is 4.79 Å². The summed E-state index contributed by atoms with van der Waals surface area (Å²) in [6, 6.07) is 11.8. The molecule has 4 rings (SSSR count). The molecule has 0 atom stereocenters. The van der Waals surface area contributed by atoms with Crippen LogP contribution in [-0.4, -0.2) is 37.3 Å². The van der Waals surface area contributed by atoms with Gasteiger partial charge in [0.15, 0.2) is 0 Å². The number of hydrogen-bond donors (Lipinski definition) is 2. The van der Waals surface area contributed by atoms with E-state index in [-0.39, 0.29) is 17.3 Å². The van der Waals surface area contributed by atoms with Gasteiger partial charge in [0.1, 0.15) is 0 Å². The Morgan fingerprint density at radius 2 is 2.10 bits per heavy atom. The van der Waals surface area contributed by atoms with E-state index in [0.717, 1.165) is 22.2 Å². The molecule has 1 aliphatic heterocycles. The molecule has 2 N–H and O–H groups in total.